The van der Waals surface area contributed by atoms with Gasteiger partial charge in [0.25, 0.3) is 0 Å². The van der Waals surface area contributed by atoms with E-state index in [0.717, 1.165) is 0 Å². The van der Waals surface area contributed by atoms with Crippen LogP contribution in [0.25, 0.3) is 0 Å². The fraction of sp³-hybridized carbons (Fsp3) is 0.727. The quantitative estimate of drug-likeness (QED) is 0.717. The lowest BCUT2D eigenvalue weighted by molar-refractivity contribution is -0.150. The van der Waals surface area contributed by atoms with E-state index < -0.39 is 0 Å². The molecule has 1 saturated carbocycles. The van der Waals surface area contributed by atoms with Crippen molar-refractivity contribution in [2.75, 3.05) is 0 Å². The van der Waals surface area contributed by atoms with Gasteiger partial charge in [-0.3, -0.25) is 4.79 Å². The standard InChI is InChI=1S/C11H16Cl2O2/c1-6(2)15-10(14)9-7(5-8(12)13)11(9,3)4/h5-7,9H,1-4H3/t7-,9+/m1/s1. The fourth-order valence-electron chi connectivity index (χ4n) is 1.88. The average molecular weight is 251 g/mol. The summed E-state index contributed by atoms with van der Waals surface area (Å²) in [5.74, 6) is -0.188. The molecule has 4 heteroatoms. The zero-order valence-corrected chi connectivity index (χ0v) is 10.9. The lowest BCUT2D eigenvalue weighted by Crippen LogP contribution is -2.15. The average Bonchev–Trinajstić information content (AvgIpc) is 2.49. The molecule has 15 heavy (non-hydrogen) atoms. The first-order valence-corrected chi connectivity index (χ1v) is 5.75. The van der Waals surface area contributed by atoms with E-state index in [1.54, 1.807) is 6.08 Å². The number of hydrogen-bond acceptors (Lipinski definition) is 2. The Bertz CT molecular complexity index is 291. The number of rotatable bonds is 3. The lowest BCUT2D eigenvalue weighted by atomic mass is 10.1. The maximum Gasteiger partial charge on any atom is 0.310 e. The van der Waals surface area contributed by atoms with Crippen molar-refractivity contribution in [3.8, 4) is 0 Å². The molecule has 0 aromatic carbocycles. The molecule has 0 bridgehead atoms. The summed E-state index contributed by atoms with van der Waals surface area (Å²) in [7, 11) is 0. The maximum atomic E-state index is 11.7. The van der Waals surface area contributed by atoms with E-state index in [2.05, 4.69) is 0 Å². The Hall–Kier alpha value is -0.210. The van der Waals surface area contributed by atoms with Crippen LogP contribution in [0.2, 0.25) is 0 Å². The van der Waals surface area contributed by atoms with Crippen LogP contribution in [0.15, 0.2) is 10.6 Å². The lowest BCUT2D eigenvalue weighted by Gasteiger charge is -2.08. The summed E-state index contributed by atoms with van der Waals surface area (Å²) in [6, 6.07) is 0. The van der Waals surface area contributed by atoms with Crippen LogP contribution in [-0.4, -0.2) is 12.1 Å². The van der Waals surface area contributed by atoms with Crippen LogP contribution in [0, 0.1) is 17.3 Å². The van der Waals surface area contributed by atoms with Gasteiger partial charge in [-0.25, -0.2) is 0 Å². The summed E-state index contributed by atoms with van der Waals surface area (Å²) >= 11 is 11.2. The van der Waals surface area contributed by atoms with Crippen molar-refractivity contribution >= 4 is 29.2 Å². The molecule has 0 aliphatic heterocycles. The van der Waals surface area contributed by atoms with Gasteiger partial charge in [0.15, 0.2) is 0 Å². The molecule has 0 heterocycles. The van der Waals surface area contributed by atoms with Gasteiger partial charge in [-0.2, -0.15) is 0 Å². The highest BCUT2D eigenvalue weighted by atomic mass is 35.5. The molecule has 0 spiro atoms. The molecule has 1 aliphatic rings. The summed E-state index contributed by atoms with van der Waals surface area (Å²) in [5, 5.41) is 0. The fourth-order valence-corrected chi connectivity index (χ4v) is 2.15. The Morgan fingerprint density at radius 2 is 1.93 bits per heavy atom. The highest BCUT2D eigenvalue weighted by Gasteiger charge is 2.61. The SMILES string of the molecule is CC(C)OC(=O)[C@@H]1[C@@H](C=C(Cl)Cl)C1(C)C. The molecule has 2 atom stereocenters. The van der Waals surface area contributed by atoms with Gasteiger partial charge in [0.2, 0.25) is 0 Å². The number of carbonyl (C=O) groups excluding carboxylic acids is 1. The number of allylic oxidation sites excluding steroid dienone is 1. The molecule has 1 aliphatic carbocycles. The Labute approximate surface area is 101 Å². The molecule has 86 valence electrons. The summed E-state index contributed by atoms with van der Waals surface area (Å²) < 4.78 is 5.38. The van der Waals surface area contributed by atoms with Gasteiger partial charge >= 0.3 is 5.97 Å². The minimum absolute atomic E-state index is 0.0787. The summed E-state index contributed by atoms with van der Waals surface area (Å²) in [5.41, 5.74) is -0.0962. The van der Waals surface area contributed by atoms with Crippen LogP contribution in [0.4, 0.5) is 0 Å². The van der Waals surface area contributed by atoms with Crippen molar-refractivity contribution in [3.05, 3.63) is 10.6 Å². The monoisotopic (exact) mass is 250 g/mol. The third kappa shape index (κ3) is 2.88. The Morgan fingerprint density at radius 3 is 2.33 bits per heavy atom. The number of hydrogen-bond donors (Lipinski definition) is 0. The minimum atomic E-state index is -0.161. The van der Waals surface area contributed by atoms with Gasteiger partial charge < -0.3 is 4.74 Å². The zero-order chi connectivity index (χ0) is 11.8. The topological polar surface area (TPSA) is 26.3 Å². The molecule has 0 radical (unpaired) electrons. The minimum Gasteiger partial charge on any atom is -0.463 e. The Kier molecular flexibility index (Phi) is 3.72. The molecular weight excluding hydrogens is 235 g/mol. The van der Waals surface area contributed by atoms with Crippen LogP contribution in [0.5, 0.6) is 0 Å². The second-order valence-corrected chi connectivity index (χ2v) is 5.77. The second kappa shape index (κ2) is 4.34. The number of ether oxygens (including phenoxy) is 1. The molecule has 1 rings (SSSR count). The molecule has 0 aromatic heterocycles. The largest absolute Gasteiger partial charge is 0.463 e. The smallest absolute Gasteiger partial charge is 0.310 e. The molecule has 1 fully saturated rings. The number of halogens is 2. The third-order valence-corrected chi connectivity index (χ3v) is 3.07. The molecule has 0 aromatic rings. The van der Waals surface area contributed by atoms with Crippen LogP contribution in [0.1, 0.15) is 27.7 Å². The predicted octanol–water partition coefficient (Wildman–Crippen LogP) is 3.53. The van der Waals surface area contributed by atoms with Gasteiger partial charge in [-0.15, -0.1) is 0 Å². The van der Waals surface area contributed by atoms with Gasteiger partial charge in [0.1, 0.15) is 4.49 Å². The van der Waals surface area contributed by atoms with Gasteiger partial charge in [0, 0.05) is 0 Å². The van der Waals surface area contributed by atoms with E-state index in [0.29, 0.717) is 0 Å². The Balaban J connectivity index is 2.66. The van der Waals surface area contributed by atoms with Crippen LogP contribution in [0.3, 0.4) is 0 Å². The highest BCUT2D eigenvalue weighted by molar-refractivity contribution is 6.55. The van der Waals surface area contributed by atoms with Crippen LogP contribution in [-0.2, 0) is 9.53 Å². The molecule has 0 saturated heterocycles. The van der Waals surface area contributed by atoms with Gasteiger partial charge in [-0.05, 0) is 31.3 Å². The van der Waals surface area contributed by atoms with Crippen molar-refractivity contribution in [2.45, 2.75) is 33.8 Å². The predicted molar refractivity (Wildman–Crippen MR) is 61.8 cm³/mol. The van der Waals surface area contributed by atoms with Crippen molar-refractivity contribution in [3.63, 3.8) is 0 Å². The molecule has 0 unspecified atom stereocenters. The van der Waals surface area contributed by atoms with E-state index >= 15 is 0 Å². The Morgan fingerprint density at radius 1 is 1.40 bits per heavy atom. The van der Waals surface area contributed by atoms with Crippen molar-refractivity contribution in [1.82, 2.24) is 0 Å². The van der Waals surface area contributed by atoms with Crippen molar-refractivity contribution in [2.24, 2.45) is 17.3 Å². The normalized spacial score (nSPS) is 27.4. The second-order valence-electron chi connectivity index (χ2n) is 4.77. The number of esters is 1. The van der Waals surface area contributed by atoms with E-state index in [-0.39, 0.29) is 33.8 Å². The van der Waals surface area contributed by atoms with E-state index in [1.165, 1.54) is 0 Å². The third-order valence-electron chi connectivity index (χ3n) is 2.82. The van der Waals surface area contributed by atoms with E-state index in [9.17, 15) is 4.79 Å². The molecular formula is C11H16Cl2O2. The van der Waals surface area contributed by atoms with Crippen LogP contribution >= 0.6 is 23.2 Å². The summed E-state index contributed by atoms with van der Waals surface area (Å²) in [4.78, 5) is 11.7. The summed E-state index contributed by atoms with van der Waals surface area (Å²) in [6.07, 6.45) is 1.64. The van der Waals surface area contributed by atoms with Gasteiger partial charge in [-0.1, -0.05) is 37.0 Å². The number of carbonyl (C=O) groups is 1. The van der Waals surface area contributed by atoms with E-state index in [1.807, 2.05) is 27.7 Å². The summed E-state index contributed by atoms with van der Waals surface area (Å²) in [6.45, 7) is 7.70. The molecule has 2 nitrogen and oxygen atoms in total. The van der Waals surface area contributed by atoms with Gasteiger partial charge in [0.05, 0.1) is 12.0 Å². The van der Waals surface area contributed by atoms with Crippen molar-refractivity contribution < 1.29 is 9.53 Å². The van der Waals surface area contributed by atoms with Crippen LogP contribution < -0.4 is 0 Å². The van der Waals surface area contributed by atoms with E-state index in [4.69, 9.17) is 27.9 Å². The first kappa shape index (κ1) is 12.9. The zero-order valence-electron chi connectivity index (χ0n) is 9.38. The van der Waals surface area contributed by atoms with Crippen molar-refractivity contribution in [1.29, 1.82) is 0 Å². The first-order valence-electron chi connectivity index (χ1n) is 5.00. The molecule has 0 N–H and O–H groups in total. The highest BCUT2D eigenvalue weighted by Crippen LogP contribution is 2.60. The first-order chi connectivity index (χ1) is 6.76. The maximum absolute atomic E-state index is 11.7. The molecule has 0 amide bonds.